The van der Waals surface area contributed by atoms with E-state index in [1.807, 2.05) is 0 Å². The van der Waals surface area contributed by atoms with Crippen molar-refractivity contribution in [1.29, 1.82) is 0 Å². The van der Waals surface area contributed by atoms with Crippen molar-refractivity contribution < 1.29 is 0 Å². The zero-order chi connectivity index (χ0) is 10.6. The first kappa shape index (κ1) is 12.0. The summed E-state index contributed by atoms with van der Waals surface area (Å²) in [6, 6.07) is 0.371. The van der Waals surface area contributed by atoms with Crippen molar-refractivity contribution >= 4 is 0 Å². The van der Waals surface area contributed by atoms with Crippen LogP contribution in [0.5, 0.6) is 0 Å². The number of hydrogen-bond acceptors (Lipinski definition) is 2. The van der Waals surface area contributed by atoms with Crippen LogP contribution in [0, 0.1) is 5.41 Å². The van der Waals surface area contributed by atoms with Gasteiger partial charge in [-0.15, -0.1) is 0 Å². The van der Waals surface area contributed by atoms with Crippen LogP contribution in [0.2, 0.25) is 0 Å². The van der Waals surface area contributed by atoms with Gasteiger partial charge in [0.2, 0.25) is 0 Å². The van der Waals surface area contributed by atoms with Gasteiger partial charge in [-0.2, -0.15) is 0 Å². The highest BCUT2D eigenvalue weighted by atomic mass is 15.1. The molecule has 1 rings (SSSR count). The molecule has 2 heteroatoms. The summed E-state index contributed by atoms with van der Waals surface area (Å²) in [6.07, 6.45) is 5.12. The van der Waals surface area contributed by atoms with E-state index in [0.29, 0.717) is 11.5 Å². The van der Waals surface area contributed by atoms with Gasteiger partial charge in [0, 0.05) is 12.6 Å². The van der Waals surface area contributed by atoms with Gasteiger partial charge in [-0.25, -0.2) is 0 Å². The van der Waals surface area contributed by atoms with Gasteiger partial charge in [0.25, 0.3) is 0 Å². The van der Waals surface area contributed by atoms with E-state index in [9.17, 15) is 0 Å². The van der Waals surface area contributed by atoms with Crippen LogP contribution in [0.3, 0.4) is 0 Å². The van der Waals surface area contributed by atoms with E-state index in [2.05, 4.69) is 25.7 Å². The topological polar surface area (TPSA) is 29.3 Å². The highest BCUT2D eigenvalue weighted by Gasteiger charge is 2.23. The van der Waals surface area contributed by atoms with Crippen LogP contribution < -0.4 is 5.73 Å². The average Bonchev–Trinajstić information content (AvgIpc) is 2.28. The first-order chi connectivity index (χ1) is 6.53. The van der Waals surface area contributed by atoms with Gasteiger partial charge in [-0.05, 0) is 44.2 Å². The second kappa shape index (κ2) is 5.13. The molecule has 0 radical (unpaired) electrons. The van der Waals surface area contributed by atoms with Gasteiger partial charge >= 0.3 is 0 Å². The molecule has 0 spiro atoms. The van der Waals surface area contributed by atoms with Gasteiger partial charge in [0.05, 0.1) is 0 Å². The first-order valence-corrected chi connectivity index (χ1v) is 6.01. The maximum atomic E-state index is 5.98. The molecule has 0 saturated carbocycles. The van der Waals surface area contributed by atoms with Crippen LogP contribution in [0.1, 0.15) is 46.5 Å². The Morgan fingerprint density at radius 2 is 2.00 bits per heavy atom. The predicted molar refractivity (Wildman–Crippen MR) is 62.3 cm³/mol. The SMILES string of the molecule is CCC(N)CN1CCCC(C)(C)CC1. The zero-order valence-electron chi connectivity index (χ0n) is 10.1. The molecule has 84 valence electrons. The third kappa shape index (κ3) is 3.97. The van der Waals surface area contributed by atoms with Gasteiger partial charge < -0.3 is 10.6 Å². The van der Waals surface area contributed by atoms with Crippen LogP contribution in [-0.4, -0.2) is 30.6 Å². The van der Waals surface area contributed by atoms with Gasteiger partial charge in [-0.3, -0.25) is 0 Å². The van der Waals surface area contributed by atoms with E-state index >= 15 is 0 Å². The van der Waals surface area contributed by atoms with Crippen molar-refractivity contribution in [2.24, 2.45) is 11.1 Å². The maximum Gasteiger partial charge on any atom is 0.0165 e. The molecule has 0 aromatic carbocycles. The smallest absolute Gasteiger partial charge is 0.0165 e. The molecule has 0 aliphatic carbocycles. The molecule has 2 nitrogen and oxygen atoms in total. The molecule has 1 saturated heterocycles. The fraction of sp³-hybridized carbons (Fsp3) is 1.00. The van der Waals surface area contributed by atoms with Crippen LogP contribution in [0.4, 0.5) is 0 Å². The fourth-order valence-corrected chi connectivity index (χ4v) is 2.12. The van der Waals surface area contributed by atoms with Gasteiger partial charge in [0.15, 0.2) is 0 Å². The van der Waals surface area contributed by atoms with Crippen LogP contribution >= 0.6 is 0 Å². The predicted octanol–water partition coefficient (Wildman–Crippen LogP) is 2.24. The fourth-order valence-electron chi connectivity index (χ4n) is 2.12. The van der Waals surface area contributed by atoms with Crippen molar-refractivity contribution in [3.63, 3.8) is 0 Å². The molecule has 1 aliphatic heterocycles. The molecule has 0 bridgehead atoms. The Bertz CT molecular complexity index is 166. The number of likely N-dealkylation sites (tertiary alicyclic amines) is 1. The van der Waals surface area contributed by atoms with Crippen molar-refractivity contribution in [2.75, 3.05) is 19.6 Å². The molecule has 0 amide bonds. The Hall–Kier alpha value is -0.0800. The minimum absolute atomic E-state index is 0.371. The van der Waals surface area contributed by atoms with Crippen LogP contribution in [0.25, 0.3) is 0 Å². The third-order valence-corrected chi connectivity index (χ3v) is 3.45. The van der Waals surface area contributed by atoms with Crippen LogP contribution in [0.15, 0.2) is 0 Å². The zero-order valence-corrected chi connectivity index (χ0v) is 10.1. The lowest BCUT2D eigenvalue weighted by molar-refractivity contribution is 0.247. The van der Waals surface area contributed by atoms with Gasteiger partial charge in [-0.1, -0.05) is 20.8 Å². The molecule has 14 heavy (non-hydrogen) atoms. The summed E-state index contributed by atoms with van der Waals surface area (Å²) in [7, 11) is 0. The van der Waals surface area contributed by atoms with E-state index in [0.717, 1.165) is 13.0 Å². The summed E-state index contributed by atoms with van der Waals surface area (Å²) in [5.41, 5.74) is 6.53. The van der Waals surface area contributed by atoms with Crippen molar-refractivity contribution in [2.45, 2.75) is 52.5 Å². The monoisotopic (exact) mass is 198 g/mol. The largest absolute Gasteiger partial charge is 0.327 e. The third-order valence-electron chi connectivity index (χ3n) is 3.45. The number of nitrogens with zero attached hydrogens (tertiary/aromatic N) is 1. The highest BCUT2D eigenvalue weighted by Crippen LogP contribution is 2.29. The Morgan fingerprint density at radius 1 is 1.29 bits per heavy atom. The maximum absolute atomic E-state index is 5.98. The highest BCUT2D eigenvalue weighted by molar-refractivity contribution is 4.77. The van der Waals surface area contributed by atoms with Crippen LogP contribution in [-0.2, 0) is 0 Å². The molecule has 0 aromatic rings. The molecule has 1 heterocycles. The molecule has 1 atom stereocenters. The molecule has 1 aliphatic rings. The second-order valence-corrected chi connectivity index (χ2v) is 5.49. The lowest BCUT2D eigenvalue weighted by Gasteiger charge is -2.25. The minimum Gasteiger partial charge on any atom is -0.327 e. The lowest BCUT2D eigenvalue weighted by Crippen LogP contribution is -2.37. The summed E-state index contributed by atoms with van der Waals surface area (Å²) in [5.74, 6) is 0. The molecular weight excluding hydrogens is 172 g/mol. The number of hydrogen-bond donors (Lipinski definition) is 1. The van der Waals surface area contributed by atoms with Crippen molar-refractivity contribution in [1.82, 2.24) is 4.90 Å². The van der Waals surface area contributed by atoms with E-state index in [-0.39, 0.29) is 0 Å². The van der Waals surface area contributed by atoms with E-state index in [4.69, 9.17) is 5.73 Å². The minimum atomic E-state index is 0.371. The average molecular weight is 198 g/mol. The summed E-state index contributed by atoms with van der Waals surface area (Å²) < 4.78 is 0. The van der Waals surface area contributed by atoms with Crippen molar-refractivity contribution in [3.8, 4) is 0 Å². The normalized spacial score (nSPS) is 25.7. The Kier molecular flexibility index (Phi) is 4.39. The summed E-state index contributed by atoms with van der Waals surface area (Å²) in [4.78, 5) is 2.54. The molecule has 0 aromatic heterocycles. The Labute approximate surface area is 88.8 Å². The summed E-state index contributed by atoms with van der Waals surface area (Å²) in [5, 5.41) is 0. The first-order valence-electron chi connectivity index (χ1n) is 6.01. The molecular formula is C12H26N2. The summed E-state index contributed by atoms with van der Waals surface area (Å²) in [6.45, 7) is 10.5. The Balaban J connectivity index is 2.35. The number of nitrogens with two attached hydrogens (primary N) is 1. The molecule has 1 unspecified atom stereocenters. The molecule has 2 N–H and O–H groups in total. The van der Waals surface area contributed by atoms with E-state index < -0.39 is 0 Å². The Morgan fingerprint density at radius 3 is 2.64 bits per heavy atom. The van der Waals surface area contributed by atoms with E-state index in [1.54, 1.807) is 0 Å². The van der Waals surface area contributed by atoms with E-state index in [1.165, 1.54) is 32.4 Å². The number of rotatable bonds is 3. The quantitative estimate of drug-likeness (QED) is 0.753. The van der Waals surface area contributed by atoms with Crippen molar-refractivity contribution in [3.05, 3.63) is 0 Å². The summed E-state index contributed by atoms with van der Waals surface area (Å²) >= 11 is 0. The molecule has 1 fully saturated rings. The lowest BCUT2D eigenvalue weighted by atomic mass is 9.85. The van der Waals surface area contributed by atoms with Gasteiger partial charge in [0.1, 0.15) is 0 Å². The second-order valence-electron chi connectivity index (χ2n) is 5.49. The standard InChI is InChI=1S/C12H26N2/c1-4-11(13)10-14-8-5-6-12(2,3)7-9-14/h11H,4-10,13H2,1-3H3.